The Bertz CT molecular complexity index is 1240. The van der Waals surface area contributed by atoms with Crippen LogP contribution in [0, 0.1) is 13.8 Å². The Morgan fingerprint density at radius 1 is 1.09 bits per heavy atom. The highest BCUT2D eigenvalue weighted by molar-refractivity contribution is 7.99. The summed E-state index contributed by atoms with van der Waals surface area (Å²) in [7, 11) is 0. The largest absolute Gasteiger partial charge is 0.272 e. The van der Waals surface area contributed by atoms with Gasteiger partial charge in [-0.25, -0.2) is 5.01 Å². The van der Waals surface area contributed by atoms with Gasteiger partial charge in [-0.15, -0.1) is 27.8 Å². The predicted octanol–water partition coefficient (Wildman–Crippen LogP) is 4.87. The van der Waals surface area contributed by atoms with Gasteiger partial charge < -0.3 is 0 Å². The Morgan fingerprint density at radius 3 is 2.59 bits per heavy atom. The van der Waals surface area contributed by atoms with Crippen molar-refractivity contribution in [3.05, 3.63) is 74.1 Å². The number of carbonyl (C=O) groups excluding carboxylic acids is 1. The molecule has 4 heterocycles. The molecule has 0 fully saturated rings. The van der Waals surface area contributed by atoms with Gasteiger partial charge in [-0.05, 0) is 58.3 Å². The van der Waals surface area contributed by atoms with Gasteiger partial charge in [-0.2, -0.15) is 9.78 Å². The van der Waals surface area contributed by atoms with E-state index in [4.69, 9.17) is 5.10 Å². The van der Waals surface area contributed by atoms with Crippen molar-refractivity contribution >= 4 is 46.1 Å². The first kappa shape index (κ1) is 21.0. The van der Waals surface area contributed by atoms with Crippen molar-refractivity contribution in [2.24, 2.45) is 5.10 Å². The number of carbonyl (C=O) groups is 1. The number of rotatable bonds is 6. The van der Waals surface area contributed by atoms with Gasteiger partial charge in [0.25, 0.3) is 5.91 Å². The van der Waals surface area contributed by atoms with E-state index in [2.05, 4.69) is 27.7 Å². The first-order valence-electron chi connectivity index (χ1n) is 10.1. The lowest BCUT2D eigenvalue weighted by Gasteiger charge is -2.20. The van der Waals surface area contributed by atoms with Gasteiger partial charge >= 0.3 is 0 Å². The first-order chi connectivity index (χ1) is 15.6. The molecule has 0 aliphatic carbocycles. The standard InChI is InChI=1S/C22H20N6OS3/c1-14-6-3-7-15(2)21(14)28-22(23-25-26-28)32-13-20(29)27-17(19-9-5-11-31-19)12-16(24-27)18-8-4-10-30-18/h3-11,17H,12-13H2,1-2H3/t17-/m0/s1. The molecule has 1 atom stereocenters. The molecule has 0 unspecified atom stereocenters. The van der Waals surface area contributed by atoms with Crippen molar-refractivity contribution in [2.75, 3.05) is 5.75 Å². The summed E-state index contributed by atoms with van der Waals surface area (Å²) in [6.07, 6.45) is 0.720. The number of thiophene rings is 2. The Balaban J connectivity index is 1.37. The molecule has 0 bridgehead atoms. The maximum Gasteiger partial charge on any atom is 0.253 e. The number of aromatic nitrogens is 4. The summed E-state index contributed by atoms with van der Waals surface area (Å²) in [5, 5.41) is 23.2. The Morgan fingerprint density at radius 2 is 1.88 bits per heavy atom. The minimum absolute atomic E-state index is 0.0592. The van der Waals surface area contributed by atoms with Gasteiger partial charge in [0.15, 0.2) is 0 Å². The highest BCUT2D eigenvalue weighted by Gasteiger charge is 2.34. The third-order valence-corrected chi connectivity index (χ3v) is 8.06. The van der Waals surface area contributed by atoms with E-state index < -0.39 is 0 Å². The molecule has 0 N–H and O–H groups in total. The molecule has 0 saturated heterocycles. The maximum absolute atomic E-state index is 13.3. The molecule has 1 amide bonds. The van der Waals surface area contributed by atoms with Crippen LogP contribution in [0.25, 0.3) is 5.69 Å². The van der Waals surface area contributed by atoms with Crippen molar-refractivity contribution in [3.63, 3.8) is 0 Å². The number of benzene rings is 1. The second-order valence-electron chi connectivity index (χ2n) is 7.40. The fourth-order valence-corrected chi connectivity index (χ4v) is 6.04. The molecule has 1 aliphatic rings. The van der Waals surface area contributed by atoms with Gasteiger partial charge in [0.2, 0.25) is 5.16 Å². The molecule has 0 spiro atoms. The minimum Gasteiger partial charge on any atom is -0.272 e. The Kier molecular flexibility index (Phi) is 5.90. The monoisotopic (exact) mass is 480 g/mol. The van der Waals surface area contributed by atoms with E-state index >= 15 is 0 Å². The number of hydrazone groups is 1. The van der Waals surface area contributed by atoms with Crippen LogP contribution in [0.2, 0.25) is 0 Å². The summed E-state index contributed by atoms with van der Waals surface area (Å²) in [6.45, 7) is 4.06. The summed E-state index contributed by atoms with van der Waals surface area (Å²) in [5.41, 5.74) is 4.06. The highest BCUT2D eigenvalue weighted by Crippen LogP contribution is 2.36. The Labute approximate surface area is 197 Å². The van der Waals surface area contributed by atoms with Gasteiger partial charge in [-0.3, -0.25) is 4.79 Å². The van der Waals surface area contributed by atoms with E-state index in [0.717, 1.165) is 38.7 Å². The van der Waals surface area contributed by atoms with E-state index in [1.54, 1.807) is 32.4 Å². The van der Waals surface area contributed by atoms with Crippen LogP contribution < -0.4 is 0 Å². The van der Waals surface area contributed by atoms with E-state index in [1.807, 2.05) is 54.9 Å². The number of thioether (sulfide) groups is 1. The molecule has 0 saturated carbocycles. The lowest BCUT2D eigenvalue weighted by molar-refractivity contribution is -0.130. The van der Waals surface area contributed by atoms with Crippen LogP contribution in [0.4, 0.5) is 0 Å². The Hall–Kier alpha value is -2.82. The van der Waals surface area contributed by atoms with Crippen molar-refractivity contribution in [1.82, 2.24) is 25.2 Å². The number of hydrogen-bond acceptors (Lipinski definition) is 8. The third kappa shape index (κ3) is 4.01. The molecule has 3 aromatic heterocycles. The van der Waals surface area contributed by atoms with E-state index in [9.17, 15) is 4.79 Å². The van der Waals surface area contributed by atoms with Crippen LogP contribution in [-0.2, 0) is 4.79 Å². The molecule has 162 valence electrons. The maximum atomic E-state index is 13.3. The summed E-state index contributed by atoms with van der Waals surface area (Å²) in [4.78, 5) is 15.5. The average molecular weight is 481 g/mol. The summed E-state index contributed by atoms with van der Waals surface area (Å²) in [5.74, 6) is 0.144. The highest BCUT2D eigenvalue weighted by atomic mass is 32.2. The molecule has 10 heteroatoms. The van der Waals surface area contributed by atoms with Crippen molar-refractivity contribution < 1.29 is 4.79 Å². The molecule has 4 aromatic rings. The van der Waals surface area contributed by atoms with E-state index in [-0.39, 0.29) is 17.7 Å². The number of hydrogen-bond donors (Lipinski definition) is 0. The molecular weight excluding hydrogens is 460 g/mol. The van der Waals surface area contributed by atoms with Crippen molar-refractivity contribution in [1.29, 1.82) is 0 Å². The molecule has 1 aliphatic heterocycles. The van der Waals surface area contributed by atoms with Crippen LogP contribution in [0.1, 0.15) is 33.3 Å². The van der Waals surface area contributed by atoms with E-state index in [0.29, 0.717) is 5.16 Å². The molecule has 7 nitrogen and oxygen atoms in total. The lowest BCUT2D eigenvalue weighted by atomic mass is 10.1. The topological polar surface area (TPSA) is 76.3 Å². The van der Waals surface area contributed by atoms with Crippen LogP contribution >= 0.6 is 34.4 Å². The number of nitrogens with zero attached hydrogens (tertiary/aromatic N) is 6. The molecule has 5 rings (SSSR count). The quantitative estimate of drug-likeness (QED) is 0.368. The smallest absolute Gasteiger partial charge is 0.253 e. The van der Waals surface area contributed by atoms with Gasteiger partial charge in [0.1, 0.15) is 0 Å². The summed E-state index contributed by atoms with van der Waals surface area (Å²) in [6, 6.07) is 14.1. The number of aryl methyl sites for hydroxylation is 2. The summed E-state index contributed by atoms with van der Waals surface area (Å²) >= 11 is 4.63. The van der Waals surface area contributed by atoms with Gasteiger partial charge in [-0.1, -0.05) is 42.1 Å². The fourth-order valence-electron chi connectivity index (χ4n) is 3.78. The lowest BCUT2D eigenvalue weighted by Crippen LogP contribution is -2.28. The first-order valence-corrected chi connectivity index (χ1v) is 12.8. The SMILES string of the molecule is Cc1cccc(C)c1-n1nnnc1SCC(=O)N1N=C(c2cccs2)C[C@H]1c1cccs1. The second-order valence-corrected chi connectivity index (χ2v) is 10.3. The molecule has 0 radical (unpaired) electrons. The number of para-hydroxylation sites is 1. The van der Waals surface area contributed by atoms with Gasteiger partial charge in [0.05, 0.1) is 28.1 Å². The normalized spacial score (nSPS) is 15.9. The molecular formula is C22H20N6OS3. The third-order valence-electron chi connectivity index (χ3n) is 5.26. The minimum atomic E-state index is -0.0743. The predicted molar refractivity (Wildman–Crippen MR) is 129 cm³/mol. The van der Waals surface area contributed by atoms with Crippen LogP contribution in [0.15, 0.2) is 63.5 Å². The van der Waals surface area contributed by atoms with E-state index in [1.165, 1.54) is 11.8 Å². The molecule has 1 aromatic carbocycles. The van der Waals surface area contributed by atoms with Crippen molar-refractivity contribution in [2.45, 2.75) is 31.5 Å². The average Bonchev–Trinajstić information content (AvgIpc) is 3.58. The van der Waals surface area contributed by atoms with Crippen LogP contribution in [0.3, 0.4) is 0 Å². The zero-order valence-electron chi connectivity index (χ0n) is 17.5. The molecule has 32 heavy (non-hydrogen) atoms. The van der Waals surface area contributed by atoms with Crippen molar-refractivity contribution in [3.8, 4) is 5.69 Å². The second kappa shape index (κ2) is 8.97. The number of tetrazole rings is 1. The van der Waals surface area contributed by atoms with Gasteiger partial charge in [0, 0.05) is 11.3 Å². The zero-order chi connectivity index (χ0) is 22.1. The zero-order valence-corrected chi connectivity index (χ0v) is 20.0. The fraction of sp³-hybridized carbons (Fsp3) is 0.227. The number of amides is 1. The van der Waals surface area contributed by atoms with Crippen LogP contribution in [0.5, 0.6) is 0 Å². The summed E-state index contributed by atoms with van der Waals surface area (Å²) < 4.78 is 1.71. The van der Waals surface area contributed by atoms with Crippen LogP contribution in [-0.4, -0.2) is 42.6 Å².